The molecule has 5 heteroatoms. The lowest BCUT2D eigenvalue weighted by atomic mass is 10.1. The third-order valence-electron chi connectivity index (χ3n) is 2.18. The maximum atomic E-state index is 11.4. The van der Waals surface area contributed by atoms with Gasteiger partial charge in [-0.3, -0.25) is 4.79 Å². The van der Waals surface area contributed by atoms with E-state index in [1.165, 1.54) is 0 Å². The predicted octanol–water partition coefficient (Wildman–Crippen LogP) is -0.486. The van der Waals surface area contributed by atoms with Crippen LogP contribution in [-0.4, -0.2) is 34.7 Å². The van der Waals surface area contributed by atoms with Gasteiger partial charge < -0.3 is 15.5 Å². The molecule has 0 bridgehead atoms. The second kappa shape index (κ2) is 4.76. The fourth-order valence-corrected chi connectivity index (χ4v) is 1.31. The lowest BCUT2D eigenvalue weighted by Gasteiger charge is -2.14. The van der Waals surface area contributed by atoms with Crippen LogP contribution in [0.15, 0.2) is 12.2 Å². The Labute approximate surface area is 81.4 Å². The summed E-state index contributed by atoms with van der Waals surface area (Å²) in [6.45, 7) is -0.582. The number of carbonyl (C=O) groups excluding carboxylic acids is 1. The molecular formula is C9H13NO4. The van der Waals surface area contributed by atoms with Crippen LogP contribution in [0.25, 0.3) is 0 Å². The zero-order valence-corrected chi connectivity index (χ0v) is 7.64. The molecule has 0 aromatic rings. The minimum absolute atomic E-state index is 0.177. The Morgan fingerprint density at radius 1 is 1.43 bits per heavy atom. The SMILES string of the molecule is O=C(N[C@@H](CO)C(=O)O)C1CC=CC1. The number of hydrogen-bond donors (Lipinski definition) is 3. The molecule has 1 amide bonds. The fraction of sp³-hybridized carbons (Fsp3) is 0.556. The van der Waals surface area contributed by atoms with Gasteiger partial charge >= 0.3 is 5.97 Å². The van der Waals surface area contributed by atoms with Crippen LogP contribution < -0.4 is 5.32 Å². The zero-order valence-electron chi connectivity index (χ0n) is 7.64. The van der Waals surface area contributed by atoms with E-state index in [1.54, 1.807) is 0 Å². The van der Waals surface area contributed by atoms with Gasteiger partial charge in [0.1, 0.15) is 6.04 Å². The molecule has 3 N–H and O–H groups in total. The number of aliphatic hydroxyl groups is 1. The summed E-state index contributed by atoms with van der Waals surface area (Å²) < 4.78 is 0. The van der Waals surface area contributed by atoms with Crippen LogP contribution >= 0.6 is 0 Å². The van der Waals surface area contributed by atoms with Gasteiger partial charge in [0, 0.05) is 5.92 Å². The van der Waals surface area contributed by atoms with Crippen LogP contribution in [0.2, 0.25) is 0 Å². The molecule has 0 aromatic carbocycles. The van der Waals surface area contributed by atoms with Gasteiger partial charge in [-0.25, -0.2) is 4.79 Å². The number of allylic oxidation sites excluding steroid dienone is 2. The highest BCUT2D eigenvalue weighted by Crippen LogP contribution is 2.17. The topological polar surface area (TPSA) is 86.6 Å². The molecule has 0 saturated heterocycles. The molecule has 1 atom stereocenters. The van der Waals surface area contributed by atoms with Gasteiger partial charge in [0.25, 0.3) is 0 Å². The quantitative estimate of drug-likeness (QED) is 0.533. The number of aliphatic hydroxyl groups excluding tert-OH is 1. The molecule has 0 aliphatic heterocycles. The minimum Gasteiger partial charge on any atom is -0.480 e. The molecule has 0 heterocycles. The molecule has 0 unspecified atom stereocenters. The van der Waals surface area contributed by atoms with Gasteiger partial charge in [0.2, 0.25) is 5.91 Å². The van der Waals surface area contributed by atoms with Crippen LogP contribution in [0.5, 0.6) is 0 Å². The number of carboxylic acid groups (broad SMARTS) is 1. The van der Waals surface area contributed by atoms with Crippen molar-refractivity contribution < 1.29 is 19.8 Å². The smallest absolute Gasteiger partial charge is 0.328 e. The van der Waals surface area contributed by atoms with Crippen molar-refractivity contribution in [3.8, 4) is 0 Å². The standard InChI is InChI=1S/C9H13NO4/c11-5-7(9(13)14)10-8(12)6-3-1-2-4-6/h1-2,6-7,11H,3-5H2,(H,10,12)(H,13,14)/t7-/m0/s1. The lowest BCUT2D eigenvalue weighted by molar-refractivity contribution is -0.143. The van der Waals surface area contributed by atoms with E-state index in [0.717, 1.165) is 0 Å². The molecule has 1 aliphatic carbocycles. The number of aliphatic carboxylic acids is 1. The summed E-state index contributed by atoms with van der Waals surface area (Å²) >= 11 is 0. The van der Waals surface area contributed by atoms with E-state index in [0.29, 0.717) is 12.8 Å². The van der Waals surface area contributed by atoms with Crippen molar-refractivity contribution in [3.63, 3.8) is 0 Å². The fourth-order valence-electron chi connectivity index (χ4n) is 1.31. The molecule has 1 rings (SSSR count). The van der Waals surface area contributed by atoms with Gasteiger partial charge in [0.15, 0.2) is 0 Å². The molecule has 0 fully saturated rings. The second-order valence-corrected chi connectivity index (χ2v) is 3.22. The normalized spacial score (nSPS) is 18.1. The van der Waals surface area contributed by atoms with Gasteiger partial charge in [-0.2, -0.15) is 0 Å². The van der Waals surface area contributed by atoms with Crippen molar-refractivity contribution in [2.24, 2.45) is 5.92 Å². The number of rotatable bonds is 4. The average molecular weight is 199 g/mol. The largest absolute Gasteiger partial charge is 0.480 e. The van der Waals surface area contributed by atoms with E-state index in [2.05, 4.69) is 5.32 Å². The average Bonchev–Trinajstić information content (AvgIpc) is 2.65. The summed E-state index contributed by atoms with van der Waals surface area (Å²) in [5.41, 5.74) is 0. The molecule has 78 valence electrons. The monoisotopic (exact) mass is 199 g/mol. The van der Waals surface area contributed by atoms with E-state index in [1.807, 2.05) is 12.2 Å². The number of carboxylic acids is 1. The summed E-state index contributed by atoms with van der Waals surface area (Å²) in [5, 5.41) is 19.5. The van der Waals surface area contributed by atoms with Gasteiger partial charge in [0.05, 0.1) is 6.61 Å². The van der Waals surface area contributed by atoms with Crippen molar-refractivity contribution in [2.75, 3.05) is 6.61 Å². The Morgan fingerprint density at radius 2 is 2.00 bits per heavy atom. The van der Waals surface area contributed by atoms with Crippen LogP contribution in [-0.2, 0) is 9.59 Å². The van der Waals surface area contributed by atoms with Crippen molar-refractivity contribution in [1.82, 2.24) is 5.32 Å². The molecule has 0 spiro atoms. The highest BCUT2D eigenvalue weighted by Gasteiger charge is 2.24. The number of carbonyl (C=O) groups is 2. The summed E-state index contributed by atoms with van der Waals surface area (Å²) in [4.78, 5) is 21.9. The predicted molar refractivity (Wildman–Crippen MR) is 48.5 cm³/mol. The van der Waals surface area contributed by atoms with E-state index in [9.17, 15) is 9.59 Å². The van der Waals surface area contributed by atoms with Gasteiger partial charge in [-0.05, 0) is 12.8 Å². The Kier molecular flexibility index (Phi) is 3.64. The van der Waals surface area contributed by atoms with Crippen LogP contribution in [0.1, 0.15) is 12.8 Å². The van der Waals surface area contributed by atoms with E-state index >= 15 is 0 Å². The van der Waals surface area contributed by atoms with Gasteiger partial charge in [-0.15, -0.1) is 0 Å². The van der Waals surface area contributed by atoms with Crippen molar-refractivity contribution in [3.05, 3.63) is 12.2 Å². The number of hydrogen-bond acceptors (Lipinski definition) is 3. The molecule has 5 nitrogen and oxygen atoms in total. The minimum atomic E-state index is -1.22. The first-order valence-corrected chi connectivity index (χ1v) is 4.44. The third kappa shape index (κ3) is 2.56. The number of nitrogens with one attached hydrogen (secondary N) is 1. The highest BCUT2D eigenvalue weighted by atomic mass is 16.4. The van der Waals surface area contributed by atoms with E-state index in [4.69, 9.17) is 10.2 Å². The maximum Gasteiger partial charge on any atom is 0.328 e. The summed E-state index contributed by atoms with van der Waals surface area (Å²) in [6.07, 6.45) is 5.06. The van der Waals surface area contributed by atoms with Crippen LogP contribution in [0.4, 0.5) is 0 Å². The Morgan fingerprint density at radius 3 is 2.43 bits per heavy atom. The van der Waals surface area contributed by atoms with Crippen molar-refractivity contribution in [1.29, 1.82) is 0 Å². The van der Waals surface area contributed by atoms with Crippen molar-refractivity contribution >= 4 is 11.9 Å². The zero-order chi connectivity index (χ0) is 10.6. The van der Waals surface area contributed by atoms with Crippen molar-refractivity contribution in [2.45, 2.75) is 18.9 Å². The second-order valence-electron chi connectivity index (χ2n) is 3.22. The Balaban J connectivity index is 2.42. The summed E-state index contributed by atoms with van der Waals surface area (Å²) in [5.74, 6) is -1.70. The molecule has 0 saturated carbocycles. The first-order valence-electron chi connectivity index (χ1n) is 4.44. The van der Waals surface area contributed by atoms with Crippen LogP contribution in [0.3, 0.4) is 0 Å². The molecule has 0 aromatic heterocycles. The molecule has 1 aliphatic rings. The van der Waals surface area contributed by atoms with Crippen LogP contribution in [0, 0.1) is 5.92 Å². The number of amides is 1. The Hall–Kier alpha value is -1.36. The first-order chi connectivity index (χ1) is 6.65. The van der Waals surface area contributed by atoms with Gasteiger partial charge in [-0.1, -0.05) is 12.2 Å². The lowest BCUT2D eigenvalue weighted by Crippen LogP contribution is -2.45. The molecule has 0 radical (unpaired) electrons. The van der Waals surface area contributed by atoms with E-state index < -0.39 is 18.6 Å². The summed E-state index contributed by atoms with van der Waals surface area (Å²) in [6, 6.07) is -1.19. The molecule has 14 heavy (non-hydrogen) atoms. The molecular weight excluding hydrogens is 186 g/mol. The highest BCUT2D eigenvalue weighted by molar-refractivity contribution is 5.85. The summed E-state index contributed by atoms with van der Waals surface area (Å²) in [7, 11) is 0. The first kappa shape index (κ1) is 10.7. The third-order valence-corrected chi connectivity index (χ3v) is 2.18. The maximum absolute atomic E-state index is 11.4. The Bertz CT molecular complexity index is 254. The van der Waals surface area contributed by atoms with E-state index in [-0.39, 0.29) is 11.8 Å².